The molecule has 1 aliphatic heterocycles. The maximum absolute atomic E-state index is 12.3. The number of aromatic nitrogens is 2. The lowest BCUT2D eigenvalue weighted by Gasteiger charge is -2.35. The smallest absolute Gasteiger partial charge is 0.306 e. The van der Waals surface area contributed by atoms with Crippen molar-refractivity contribution in [2.45, 2.75) is 33.6 Å². The molecule has 0 N–H and O–H groups in total. The summed E-state index contributed by atoms with van der Waals surface area (Å²) >= 11 is 0. The van der Waals surface area contributed by atoms with Gasteiger partial charge in [-0.25, -0.2) is 9.97 Å². The first kappa shape index (κ1) is 20.8. The van der Waals surface area contributed by atoms with Gasteiger partial charge in [-0.1, -0.05) is 29.8 Å². The molecule has 1 saturated heterocycles. The molecule has 1 fully saturated rings. The topological polar surface area (TPSA) is 75.6 Å². The molecule has 1 aromatic carbocycles. The Morgan fingerprint density at radius 1 is 1.00 bits per heavy atom. The van der Waals surface area contributed by atoms with Crippen molar-refractivity contribution < 1.29 is 14.3 Å². The highest BCUT2D eigenvalue weighted by atomic mass is 16.5. The van der Waals surface area contributed by atoms with Gasteiger partial charge in [0.2, 0.25) is 5.91 Å². The summed E-state index contributed by atoms with van der Waals surface area (Å²) < 4.78 is 4.89. The number of benzene rings is 1. The first-order chi connectivity index (χ1) is 14.0. The van der Waals surface area contributed by atoms with Crippen LogP contribution in [0.5, 0.6) is 0 Å². The zero-order valence-electron chi connectivity index (χ0n) is 17.4. The van der Waals surface area contributed by atoms with Crippen molar-refractivity contribution in [1.82, 2.24) is 14.9 Å². The minimum atomic E-state index is -0.320. The number of carbonyl (C=O) groups excluding carboxylic acids is 2. The van der Waals surface area contributed by atoms with Crippen molar-refractivity contribution in [3.8, 4) is 11.4 Å². The molecular weight excluding hydrogens is 368 g/mol. The maximum Gasteiger partial charge on any atom is 0.306 e. The van der Waals surface area contributed by atoms with Gasteiger partial charge in [-0.2, -0.15) is 0 Å². The van der Waals surface area contributed by atoms with E-state index in [0.717, 1.165) is 17.1 Å². The summed E-state index contributed by atoms with van der Waals surface area (Å²) in [5.74, 6) is 1.27. The second-order valence-corrected chi connectivity index (χ2v) is 7.23. The van der Waals surface area contributed by atoms with Crippen molar-refractivity contribution in [3.05, 3.63) is 41.6 Å². The summed E-state index contributed by atoms with van der Waals surface area (Å²) in [6.07, 6.45) is 0.334. The van der Waals surface area contributed by atoms with E-state index in [2.05, 4.69) is 28.9 Å². The lowest BCUT2D eigenvalue weighted by molar-refractivity contribution is -0.145. The number of anilines is 1. The number of rotatable bonds is 6. The van der Waals surface area contributed by atoms with E-state index < -0.39 is 0 Å². The van der Waals surface area contributed by atoms with Gasteiger partial charge in [0.1, 0.15) is 5.82 Å². The molecule has 2 heterocycles. The first-order valence-corrected chi connectivity index (χ1v) is 10.1. The number of piperazine rings is 1. The molecule has 0 bridgehead atoms. The highest BCUT2D eigenvalue weighted by Crippen LogP contribution is 2.21. The molecule has 7 nitrogen and oxygen atoms in total. The molecule has 0 saturated carbocycles. The van der Waals surface area contributed by atoms with Crippen LogP contribution in [0.4, 0.5) is 5.82 Å². The van der Waals surface area contributed by atoms with E-state index >= 15 is 0 Å². The van der Waals surface area contributed by atoms with E-state index in [-0.39, 0.29) is 24.7 Å². The van der Waals surface area contributed by atoms with Crippen LogP contribution in [-0.2, 0) is 14.3 Å². The SMILES string of the molecule is CCOC(=O)CCC(=O)N1CCN(c2cc(C)nc(-c3ccc(C)cc3)n2)CC1. The van der Waals surface area contributed by atoms with Crippen molar-refractivity contribution in [3.63, 3.8) is 0 Å². The van der Waals surface area contributed by atoms with Gasteiger partial charge in [0.15, 0.2) is 5.82 Å². The van der Waals surface area contributed by atoms with Crippen LogP contribution >= 0.6 is 0 Å². The zero-order valence-corrected chi connectivity index (χ0v) is 17.4. The Morgan fingerprint density at radius 3 is 2.34 bits per heavy atom. The van der Waals surface area contributed by atoms with Crippen LogP contribution in [0.1, 0.15) is 31.0 Å². The number of hydrogen-bond acceptors (Lipinski definition) is 6. The fourth-order valence-electron chi connectivity index (χ4n) is 3.33. The van der Waals surface area contributed by atoms with Gasteiger partial charge < -0.3 is 14.5 Å². The Hall–Kier alpha value is -2.96. The third-order valence-corrected chi connectivity index (χ3v) is 4.96. The second kappa shape index (κ2) is 9.49. The van der Waals surface area contributed by atoms with Crippen LogP contribution < -0.4 is 4.90 Å². The van der Waals surface area contributed by atoms with Crippen molar-refractivity contribution in [2.24, 2.45) is 0 Å². The van der Waals surface area contributed by atoms with Gasteiger partial charge >= 0.3 is 5.97 Å². The molecule has 0 atom stereocenters. The fraction of sp³-hybridized carbons (Fsp3) is 0.455. The molecule has 2 aromatic rings. The molecule has 7 heteroatoms. The van der Waals surface area contributed by atoms with E-state index in [9.17, 15) is 9.59 Å². The number of aryl methyl sites for hydroxylation is 2. The zero-order chi connectivity index (χ0) is 20.8. The number of esters is 1. The molecule has 1 amide bonds. The number of carbonyl (C=O) groups is 2. The van der Waals surface area contributed by atoms with Gasteiger partial charge in [0, 0.05) is 49.9 Å². The van der Waals surface area contributed by atoms with Crippen LogP contribution in [0.3, 0.4) is 0 Å². The monoisotopic (exact) mass is 396 g/mol. The molecule has 0 aliphatic carbocycles. The predicted molar refractivity (Wildman–Crippen MR) is 112 cm³/mol. The third-order valence-electron chi connectivity index (χ3n) is 4.96. The summed E-state index contributed by atoms with van der Waals surface area (Å²) in [4.78, 5) is 37.1. The van der Waals surface area contributed by atoms with E-state index in [1.165, 1.54) is 5.56 Å². The second-order valence-electron chi connectivity index (χ2n) is 7.23. The molecule has 0 spiro atoms. The highest BCUT2D eigenvalue weighted by Gasteiger charge is 2.23. The van der Waals surface area contributed by atoms with Crippen LogP contribution in [-0.4, -0.2) is 59.5 Å². The summed E-state index contributed by atoms with van der Waals surface area (Å²) in [6.45, 7) is 8.77. The molecule has 1 aliphatic rings. The highest BCUT2D eigenvalue weighted by molar-refractivity contribution is 5.81. The molecule has 154 valence electrons. The molecule has 0 radical (unpaired) electrons. The lowest BCUT2D eigenvalue weighted by atomic mass is 10.1. The molecule has 3 rings (SSSR count). The Kier molecular flexibility index (Phi) is 6.80. The van der Waals surface area contributed by atoms with Crippen LogP contribution in [0.15, 0.2) is 30.3 Å². The molecule has 29 heavy (non-hydrogen) atoms. The normalized spacial score (nSPS) is 14.0. The van der Waals surface area contributed by atoms with Crippen molar-refractivity contribution >= 4 is 17.7 Å². The van der Waals surface area contributed by atoms with E-state index in [4.69, 9.17) is 9.72 Å². The summed E-state index contributed by atoms with van der Waals surface area (Å²) in [7, 11) is 0. The Bertz CT molecular complexity index is 859. The summed E-state index contributed by atoms with van der Waals surface area (Å²) in [5.41, 5.74) is 3.11. The number of ether oxygens (including phenoxy) is 1. The van der Waals surface area contributed by atoms with Crippen LogP contribution in [0, 0.1) is 13.8 Å². The van der Waals surface area contributed by atoms with Gasteiger partial charge in [-0.15, -0.1) is 0 Å². The van der Waals surface area contributed by atoms with E-state index in [1.807, 2.05) is 30.0 Å². The number of amides is 1. The lowest BCUT2D eigenvalue weighted by Crippen LogP contribution is -2.49. The quantitative estimate of drug-likeness (QED) is 0.699. The average molecular weight is 396 g/mol. The first-order valence-electron chi connectivity index (χ1n) is 10.1. The molecule has 1 aromatic heterocycles. The standard InChI is InChI=1S/C22H28N4O3/c1-4-29-21(28)10-9-20(27)26-13-11-25(12-14-26)19-15-17(3)23-22(24-19)18-7-5-16(2)6-8-18/h5-8,15H,4,9-14H2,1-3H3. The van der Waals surface area contributed by atoms with E-state index in [1.54, 1.807) is 6.92 Å². The number of hydrogen-bond donors (Lipinski definition) is 0. The molecule has 0 unspecified atom stereocenters. The largest absolute Gasteiger partial charge is 0.466 e. The Labute approximate surface area is 171 Å². The minimum absolute atomic E-state index is 0.00286. The van der Waals surface area contributed by atoms with Gasteiger partial charge in [0.05, 0.1) is 13.0 Å². The Morgan fingerprint density at radius 2 is 1.69 bits per heavy atom. The van der Waals surface area contributed by atoms with E-state index in [0.29, 0.717) is 38.6 Å². The third kappa shape index (κ3) is 5.53. The van der Waals surface area contributed by atoms with Crippen molar-refractivity contribution in [2.75, 3.05) is 37.7 Å². The van der Waals surface area contributed by atoms with Gasteiger partial charge in [0.25, 0.3) is 0 Å². The Balaban J connectivity index is 1.61. The fourth-order valence-corrected chi connectivity index (χ4v) is 3.33. The van der Waals surface area contributed by atoms with Crippen LogP contribution in [0.2, 0.25) is 0 Å². The average Bonchev–Trinajstić information content (AvgIpc) is 2.72. The summed E-state index contributed by atoms with van der Waals surface area (Å²) in [6, 6.07) is 10.2. The van der Waals surface area contributed by atoms with Gasteiger partial charge in [-0.3, -0.25) is 9.59 Å². The minimum Gasteiger partial charge on any atom is -0.466 e. The predicted octanol–water partition coefficient (Wildman–Crippen LogP) is 2.75. The van der Waals surface area contributed by atoms with Crippen LogP contribution in [0.25, 0.3) is 11.4 Å². The maximum atomic E-state index is 12.3. The molecular formula is C22H28N4O3. The number of nitrogens with zero attached hydrogens (tertiary/aromatic N) is 4. The summed E-state index contributed by atoms with van der Waals surface area (Å²) in [5, 5.41) is 0. The van der Waals surface area contributed by atoms with Gasteiger partial charge in [-0.05, 0) is 20.8 Å². The van der Waals surface area contributed by atoms with Crippen molar-refractivity contribution in [1.29, 1.82) is 0 Å².